The lowest BCUT2D eigenvalue weighted by atomic mass is 10.1. The van der Waals surface area contributed by atoms with Crippen LogP contribution in [0.4, 0.5) is 5.82 Å². The van der Waals surface area contributed by atoms with Crippen LogP contribution in [-0.2, 0) is 6.42 Å². The Kier molecular flexibility index (Phi) is 3.71. The predicted molar refractivity (Wildman–Crippen MR) is 55.4 cm³/mol. The highest BCUT2D eigenvalue weighted by molar-refractivity contribution is 5.34. The summed E-state index contributed by atoms with van der Waals surface area (Å²) in [5.41, 5.74) is 13.3. The number of nitrogens with two attached hydrogens (primary N) is 2. The van der Waals surface area contributed by atoms with E-state index in [1.165, 1.54) is 5.56 Å². The molecule has 0 spiro atoms. The molecule has 1 heterocycles. The largest absolute Gasteiger partial charge is 0.384 e. The molecule has 0 bridgehead atoms. The Hall–Kier alpha value is -1.09. The van der Waals surface area contributed by atoms with Gasteiger partial charge in [0, 0.05) is 5.69 Å². The average Bonchev–Trinajstić information content (AvgIpc) is 2.03. The van der Waals surface area contributed by atoms with Crippen molar-refractivity contribution in [2.24, 2.45) is 5.73 Å². The van der Waals surface area contributed by atoms with Crippen LogP contribution in [-0.4, -0.2) is 11.5 Å². The Morgan fingerprint density at radius 3 is 2.69 bits per heavy atom. The molecule has 1 aromatic heterocycles. The zero-order valence-corrected chi connectivity index (χ0v) is 8.09. The molecule has 0 amide bonds. The van der Waals surface area contributed by atoms with Crippen LogP contribution in [0, 0.1) is 6.92 Å². The van der Waals surface area contributed by atoms with Crippen molar-refractivity contribution >= 4 is 5.82 Å². The van der Waals surface area contributed by atoms with Gasteiger partial charge in [-0.3, -0.25) is 0 Å². The molecule has 0 aliphatic rings. The quantitative estimate of drug-likeness (QED) is 0.684. The first-order valence-electron chi connectivity index (χ1n) is 4.65. The SMILES string of the molecule is Cc1cc(N)nc(CCCCN)c1. The molecule has 0 aromatic carbocycles. The number of pyridine rings is 1. The van der Waals surface area contributed by atoms with Crippen LogP contribution in [0.5, 0.6) is 0 Å². The molecule has 3 nitrogen and oxygen atoms in total. The summed E-state index contributed by atoms with van der Waals surface area (Å²) < 4.78 is 0. The van der Waals surface area contributed by atoms with Crippen molar-refractivity contribution in [1.82, 2.24) is 4.98 Å². The van der Waals surface area contributed by atoms with Crippen molar-refractivity contribution in [2.45, 2.75) is 26.2 Å². The van der Waals surface area contributed by atoms with Crippen molar-refractivity contribution in [2.75, 3.05) is 12.3 Å². The Morgan fingerprint density at radius 2 is 2.08 bits per heavy atom. The highest BCUT2D eigenvalue weighted by Gasteiger charge is 1.97. The zero-order chi connectivity index (χ0) is 9.68. The molecule has 0 atom stereocenters. The maximum atomic E-state index is 5.63. The normalized spacial score (nSPS) is 10.3. The molecule has 0 aliphatic heterocycles. The van der Waals surface area contributed by atoms with E-state index >= 15 is 0 Å². The third-order valence-corrected chi connectivity index (χ3v) is 1.93. The summed E-state index contributed by atoms with van der Waals surface area (Å²) in [5, 5.41) is 0. The van der Waals surface area contributed by atoms with Gasteiger partial charge < -0.3 is 11.5 Å². The van der Waals surface area contributed by atoms with Crippen molar-refractivity contribution in [1.29, 1.82) is 0 Å². The number of nitrogens with zero attached hydrogens (tertiary/aromatic N) is 1. The molecule has 3 heteroatoms. The maximum Gasteiger partial charge on any atom is 0.123 e. The molecular weight excluding hydrogens is 162 g/mol. The minimum Gasteiger partial charge on any atom is -0.384 e. The lowest BCUT2D eigenvalue weighted by Crippen LogP contribution is -2.01. The van der Waals surface area contributed by atoms with Crippen LogP contribution in [0.15, 0.2) is 12.1 Å². The molecule has 1 rings (SSSR count). The van der Waals surface area contributed by atoms with Gasteiger partial charge in [-0.15, -0.1) is 0 Å². The molecule has 1 aromatic rings. The van der Waals surface area contributed by atoms with E-state index in [0.717, 1.165) is 31.5 Å². The summed E-state index contributed by atoms with van der Waals surface area (Å²) in [6, 6.07) is 3.96. The predicted octanol–water partition coefficient (Wildman–Crippen LogP) is 1.25. The van der Waals surface area contributed by atoms with Gasteiger partial charge in [-0.1, -0.05) is 0 Å². The fourth-order valence-electron chi connectivity index (χ4n) is 1.35. The summed E-state index contributed by atoms with van der Waals surface area (Å²) in [7, 11) is 0. The molecule has 0 saturated heterocycles. The van der Waals surface area contributed by atoms with Crippen molar-refractivity contribution in [3.05, 3.63) is 23.4 Å². The van der Waals surface area contributed by atoms with Gasteiger partial charge in [0.1, 0.15) is 5.82 Å². The standard InChI is InChI=1S/C10H17N3/c1-8-6-9(4-2-3-5-11)13-10(12)7-8/h6-7H,2-5,11H2,1H3,(H2,12,13). The summed E-state index contributed by atoms with van der Waals surface area (Å²) in [4.78, 5) is 4.24. The van der Waals surface area contributed by atoms with Gasteiger partial charge in [0.2, 0.25) is 0 Å². The second-order valence-corrected chi connectivity index (χ2v) is 3.31. The topological polar surface area (TPSA) is 64.9 Å². The minimum absolute atomic E-state index is 0.614. The van der Waals surface area contributed by atoms with E-state index in [9.17, 15) is 0 Å². The number of aromatic nitrogens is 1. The minimum atomic E-state index is 0.614. The first-order chi connectivity index (χ1) is 6.22. The van der Waals surface area contributed by atoms with Crippen LogP contribution in [0.2, 0.25) is 0 Å². The Labute approximate surface area is 79.2 Å². The van der Waals surface area contributed by atoms with Gasteiger partial charge in [0.25, 0.3) is 0 Å². The molecule has 4 N–H and O–H groups in total. The highest BCUT2D eigenvalue weighted by atomic mass is 14.8. The van der Waals surface area contributed by atoms with E-state index in [1.807, 2.05) is 13.0 Å². The highest BCUT2D eigenvalue weighted by Crippen LogP contribution is 2.08. The lowest BCUT2D eigenvalue weighted by Gasteiger charge is -2.02. The van der Waals surface area contributed by atoms with Crippen LogP contribution in [0.25, 0.3) is 0 Å². The third kappa shape index (κ3) is 3.42. The van der Waals surface area contributed by atoms with Crippen LogP contribution >= 0.6 is 0 Å². The first-order valence-corrected chi connectivity index (χ1v) is 4.65. The van der Waals surface area contributed by atoms with Gasteiger partial charge in [-0.25, -0.2) is 4.98 Å². The number of nitrogen functional groups attached to an aromatic ring is 1. The van der Waals surface area contributed by atoms with Gasteiger partial charge in [-0.05, 0) is 50.4 Å². The molecule has 72 valence electrons. The molecule has 0 fully saturated rings. The first kappa shape index (κ1) is 9.99. The average molecular weight is 179 g/mol. The molecule has 0 radical (unpaired) electrons. The number of aryl methyl sites for hydroxylation is 2. The van der Waals surface area contributed by atoms with Crippen molar-refractivity contribution in [3.8, 4) is 0 Å². The summed E-state index contributed by atoms with van der Waals surface area (Å²) in [6.45, 7) is 2.78. The van der Waals surface area contributed by atoms with Gasteiger partial charge >= 0.3 is 0 Å². The van der Waals surface area contributed by atoms with E-state index in [-0.39, 0.29) is 0 Å². The van der Waals surface area contributed by atoms with E-state index in [2.05, 4.69) is 11.1 Å². The van der Waals surface area contributed by atoms with Gasteiger partial charge in [-0.2, -0.15) is 0 Å². The second-order valence-electron chi connectivity index (χ2n) is 3.31. The second kappa shape index (κ2) is 4.82. The number of hydrogen-bond acceptors (Lipinski definition) is 3. The molecular formula is C10H17N3. The van der Waals surface area contributed by atoms with Crippen LogP contribution in [0.1, 0.15) is 24.1 Å². The Balaban J connectivity index is 2.56. The number of hydrogen-bond donors (Lipinski definition) is 2. The fourth-order valence-corrected chi connectivity index (χ4v) is 1.35. The van der Waals surface area contributed by atoms with Crippen LogP contribution in [0.3, 0.4) is 0 Å². The lowest BCUT2D eigenvalue weighted by molar-refractivity contribution is 0.733. The van der Waals surface area contributed by atoms with E-state index in [4.69, 9.17) is 11.5 Å². The van der Waals surface area contributed by atoms with Gasteiger partial charge in [0.15, 0.2) is 0 Å². The number of rotatable bonds is 4. The summed E-state index contributed by atoms with van der Waals surface area (Å²) in [5.74, 6) is 0.614. The summed E-state index contributed by atoms with van der Waals surface area (Å²) >= 11 is 0. The third-order valence-electron chi connectivity index (χ3n) is 1.93. The summed E-state index contributed by atoms with van der Waals surface area (Å²) in [6.07, 6.45) is 3.12. The number of anilines is 1. The Bertz CT molecular complexity index is 251. The molecule has 0 saturated carbocycles. The smallest absolute Gasteiger partial charge is 0.123 e. The molecule has 13 heavy (non-hydrogen) atoms. The van der Waals surface area contributed by atoms with E-state index in [1.54, 1.807) is 0 Å². The van der Waals surface area contributed by atoms with Crippen molar-refractivity contribution in [3.63, 3.8) is 0 Å². The van der Waals surface area contributed by atoms with E-state index < -0.39 is 0 Å². The molecule has 0 unspecified atom stereocenters. The van der Waals surface area contributed by atoms with Crippen molar-refractivity contribution < 1.29 is 0 Å². The van der Waals surface area contributed by atoms with E-state index in [0.29, 0.717) is 5.82 Å². The zero-order valence-electron chi connectivity index (χ0n) is 8.09. The van der Waals surface area contributed by atoms with Gasteiger partial charge in [0.05, 0.1) is 0 Å². The Morgan fingerprint density at radius 1 is 1.31 bits per heavy atom. The fraction of sp³-hybridized carbons (Fsp3) is 0.500. The maximum absolute atomic E-state index is 5.63. The van der Waals surface area contributed by atoms with Crippen LogP contribution < -0.4 is 11.5 Å². The number of unbranched alkanes of at least 4 members (excludes halogenated alkanes) is 1. The molecule has 0 aliphatic carbocycles. The monoisotopic (exact) mass is 179 g/mol.